The minimum atomic E-state index is -0.814. The van der Waals surface area contributed by atoms with Crippen LogP contribution in [0.15, 0.2) is 24.4 Å². The number of hydroxylamine groups is 1. The predicted octanol–water partition coefficient (Wildman–Crippen LogP) is 3.78. The number of hydrogen-bond acceptors (Lipinski definition) is 8. The highest BCUT2D eigenvalue weighted by Crippen LogP contribution is 2.40. The summed E-state index contributed by atoms with van der Waals surface area (Å²) in [7, 11) is 1.61. The first-order valence-electron chi connectivity index (χ1n) is 13.1. The Balaban J connectivity index is 1.42. The number of nitrogens with two attached hydrogens (primary N) is 1. The Bertz CT molecular complexity index is 1020. The molecule has 4 rings (SSSR count). The van der Waals surface area contributed by atoms with Gasteiger partial charge in [0.15, 0.2) is 0 Å². The molecule has 9 heteroatoms. The lowest BCUT2D eigenvalue weighted by Crippen LogP contribution is -2.48. The maximum Gasteiger partial charge on any atom is 0.249 e. The van der Waals surface area contributed by atoms with Crippen molar-refractivity contribution in [2.75, 3.05) is 32.5 Å². The Labute approximate surface area is 217 Å². The molecule has 5 N–H and O–H groups in total. The monoisotopic (exact) mass is 516 g/mol. The fourth-order valence-corrected chi connectivity index (χ4v) is 7.15. The van der Waals surface area contributed by atoms with Gasteiger partial charge in [0.1, 0.15) is 5.75 Å². The van der Waals surface area contributed by atoms with Crippen molar-refractivity contribution in [3.8, 4) is 5.75 Å². The molecule has 1 aliphatic carbocycles. The molecule has 1 aliphatic heterocycles. The van der Waals surface area contributed by atoms with Gasteiger partial charge in [-0.25, -0.2) is 5.48 Å². The number of aliphatic hydroxyl groups excluding tert-OH is 1. The van der Waals surface area contributed by atoms with Gasteiger partial charge in [-0.05, 0) is 80.9 Å². The van der Waals surface area contributed by atoms with Gasteiger partial charge < -0.3 is 20.5 Å². The number of pyridine rings is 1. The molecule has 198 valence electrons. The molecule has 1 amide bonds. The molecule has 8 nitrogen and oxygen atoms in total. The number of rotatable bonds is 11. The molecule has 1 saturated carbocycles. The Morgan fingerprint density at radius 1 is 1.33 bits per heavy atom. The summed E-state index contributed by atoms with van der Waals surface area (Å²) < 4.78 is 5.39. The van der Waals surface area contributed by atoms with E-state index in [2.05, 4.69) is 21.6 Å². The topological polar surface area (TPSA) is 121 Å². The first-order chi connectivity index (χ1) is 17.5. The summed E-state index contributed by atoms with van der Waals surface area (Å²) in [6, 6.07) is 5.58. The van der Waals surface area contributed by atoms with Crippen molar-refractivity contribution < 1.29 is 19.8 Å². The molecule has 2 aromatic rings. The van der Waals surface area contributed by atoms with Crippen LogP contribution in [0.3, 0.4) is 0 Å². The van der Waals surface area contributed by atoms with E-state index in [1.165, 1.54) is 25.7 Å². The van der Waals surface area contributed by atoms with Crippen molar-refractivity contribution >= 4 is 28.6 Å². The highest BCUT2D eigenvalue weighted by molar-refractivity contribution is 7.99. The number of amides is 1. The van der Waals surface area contributed by atoms with Crippen LogP contribution in [0.5, 0.6) is 5.75 Å². The standard InChI is InChI=1S/C27H40N4O4S/c1-35-20-6-7-23-22(16-20)25(19(17-28)18-29-23)24(32)8-9-27(26(33)30-34)10-12-31(13-11-27)14-15-36-21-4-2-3-5-21/h6-7,16,18,21,24,32,34H,2-5,8-15,17,28H2,1H3,(H,30,33)/t24-/m1/s1. The minimum absolute atomic E-state index is 0.253. The van der Waals surface area contributed by atoms with Crippen molar-refractivity contribution in [1.82, 2.24) is 15.4 Å². The number of piperidine rings is 1. The number of likely N-dealkylation sites (tertiary alicyclic amines) is 1. The maximum absolute atomic E-state index is 12.8. The summed E-state index contributed by atoms with van der Waals surface area (Å²) in [4.78, 5) is 19.7. The number of hydrogen-bond donors (Lipinski definition) is 4. The van der Waals surface area contributed by atoms with E-state index < -0.39 is 11.5 Å². The normalized spacial score (nSPS) is 19.4. The van der Waals surface area contributed by atoms with Crippen LogP contribution < -0.4 is 16.0 Å². The molecule has 0 radical (unpaired) electrons. The highest BCUT2D eigenvalue weighted by Gasteiger charge is 2.41. The lowest BCUT2D eigenvalue weighted by molar-refractivity contribution is -0.143. The average Bonchev–Trinajstić information content (AvgIpc) is 3.44. The van der Waals surface area contributed by atoms with E-state index >= 15 is 0 Å². The third-order valence-corrected chi connectivity index (χ3v) is 9.47. The van der Waals surface area contributed by atoms with Crippen molar-refractivity contribution in [3.63, 3.8) is 0 Å². The number of carbonyl (C=O) groups excluding carboxylic acids is 1. The molecule has 1 saturated heterocycles. The lowest BCUT2D eigenvalue weighted by atomic mass is 9.73. The largest absolute Gasteiger partial charge is 0.497 e. The van der Waals surface area contributed by atoms with Crippen LogP contribution in [0.2, 0.25) is 0 Å². The Hall–Kier alpha value is -1.91. The number of aromatic nitrogens is 1. The van der Waals surface area contributed by atoms with Crippen molar-refractivity contribution in [1.29, 1.82) is 0 Å². The second-order valence-corrected chi connectivity index (χ2v) is 11.6. The zero-order chi connectivity index (χ0) is 25.5. The fourth-order valence-electron chi connectivity index (χ4n) is 5.79. The number of nitrogens with one attached hydrogen (secondary N) is 1. The summed E-state index contributed by atoms with van der Waals surface area (Å²) in [6.07, 6.45) is 8.50. The summed E-state index contributed by atoms with van der Waals surface area (Å²) in [5, 5.41) is 22.5. The Morgan fingerprint density at radius 2 is 2.08 bits per heavy atom. The van der Waals surface area contributed by atoms with Gasteiger partial charge >= 0.3 is 0 Å². The van der Waals surface area contributed by atoms with Gasteiger partial charge in [-0.3, -0.25) is 15.0 Å². The Kier molecular flexibility index (Phi) is 9.47. The highest BCUT2D eigenvalue weighted by atomic mass is 32.2. The van der Waals surface area contributed by atoms with E-state index in [-0.39, 0.29) is 12.5 Å². The minimum Gasteiger partial charge on any atom is -0.497 e. The summed E-state index contributed by atoms with van der Waals surface area (Å²) in [5.41, 5.74) is 9.48. The van der Waals surface area contributed by atoms with E-state index in [4.69, 9.17) is 10.5 Å². The number of fused-ring (bicyclic) bond motifs is 1. The average molecular weight is 517 g/mol. The van der Waals surface area contributed by atoms with E-state index in [0.29, 0.717) is 31.4 Å². The van der Waals surface area contributed by atoms with Gasteiger partial charge in [-0.15, -0.1) is 0 Å². The number of benzene rings is 1. The zero-order valence-electron chi connectivity index (χ0n) is 21.2. The molecule has 1 aromatic heterocycles. The van der Waals surface area contributed by atoms with Gasteiger partial charge in [-0.2, -0.15) is 11.8 Å². The number of methoxy groups -OCH3 is 1. The first kappa shape index (κ1) is 27.1. The molecule has 2 fully saturated rings. The fraction of sp³-hybridized carbons (Fsp3) is 0.630. The Morgan fingerprint density at radius 3 is 2.75 bits per heavy atom. The van der Waals surface area contributed by atoms with Crippen molar-refractivity contribution in [2.45, 2.75) is 69.3 Å². The summed E-state index contributed by atoms with van der Waals surface area (Å²) >= 11 is 2.09. The molecule has 1 aromatic carbocycles. The number of nitrogens with zero attached hydrogens (tertiary/aromatic N) is 2. The van der Waals surface area contributed by atoms with E-state index in [1.807, 2.05) is 23.7 Å². The van der Waals surface area contributed by atoms with E-state index in [0.717, 1.165) is 52.7 Å². The van der Waals surface area contributed by atoms with Crippen LogP contribution in [0.25, 0.3) is 10.9 Å². The van der Waals surface area contributed by atoms with Crippen LogP contribution in [-0.2, 0) is 11.3 Å². The SMILES string of the molecule is COc1ccc2ncc(CN)c([C@H](O)CCC3(C(=O)NO)CCN(CCSC4CCCC4)CC3)c2c1. The summed E-state index contributed by atoms with van der Waals surface area (Å²) in [6.45, 7) is 2.92. The summed E-state index contributed by atoms with van der Waals surface area (Å²) in [5.74, 6) is 1.46. The quantitative estimate of drug-likeness (QED) is 0.263. The van der Waals surface area contributed by atoms with Crippen LogP contribution in [0.4, 0.5) is 0 Å². The second-order valence-electron chi connectivity index (χ2n) is 10.2. The second kappa shape index (κ2) is 12.6. The van der Waals surface area contributed by atoms with Gasteiger partial charge in [0.25, 0.3) is 0 Å². The zero-order valence-corrected chi connectivity index (χ0v) is 22.1. The van der Waals surface area contributed by atoms with E-state index in [1.54, 1.807) is 13.3 Å². The van der Waals surface area contributed by atoms with Gasteiger partial charge in [-0.1, -0.05) is 12.8 Å². The van der Waals surface area contributed by atoms with Crippen LogP contribution >= 0.6 is 11.8 Å². The molecule has 36 heavy (non-hydrogen) atoms. The number of aliphatic hydroxyl groups is 1. The number of carbonyl (C=O) groups is 1. The molecular weight excluding hydrogens is 476 g/mol. The number of thioether (sulfide) groups is 1. The lowest BCUT2D eigenvalue weighted by Gasteiger charge is -2.40. The van der Waals surface area contributed by atoms with Crippen LogP contribution in [0, 0.1) is 5.41 Å². The predicted molar refractivity (Wildman–Crippen MR) is 143 cm³/mol. The molecule has 0 bridgehead atoms. The third kappa shape index (κ3) is 6.14. The van der Waals surface area contributed by atoms with Crippen molar-refractivity contribution in [2.24, 2.45) is 11.1 Å². The maximum atomic E-state index is 12.8. The van der Waals surface area contributed by atoms with Crippen LogP contribution in [-0.4, -0.2) is 63.9 Å². The van der Waals surface area contributed by atoms with Gasteiger partial charge in [0, 0.05) is 35.7 Å². The molecule has 1 atom stereocenters. The molecule has 2 aliphatic rings. The smallest absolute Gasteiger partial charge is 0.249 e. The van der Waals surface area contributed by atoms with Crippen LogP contribution in [0.1, 0.15) is 68.6 Å². The van der Waals surface area contributed by atoms with Gasteiger partial charge in [0.05, 0.1) is 24.1 Å². The number of ether oxygens (including phenoxy) is 1. The molecule has 0 unspecified atom stereocenters. The molecule has 2 heterocycles. The molecule has 0 spiro atoms. The van der Waals surface area contributed by atoms with E-state index in [9.17, 15) is 15.1 Å². The molecular formula is C27H40N4O4S. The first-order valence-corrected chi connectivity index (χ1v) is 14.2. The van der Waals surface area contributed by atoms with Crippen molar-refractivity contribution in [3.05, 3.63) is 35.5 Å². The third-order valence-electron chi connectivity index (χ3n) is 8.11. The van der Waals surface area contributed by atoms with Gasteiger partial charge in [0.2, 0.25) is 5.91 Å².